The third-order valence-electron chi connectivity index (χ3n) is 2.74. The first-order valence-corrected chi connectivity index (χ1v) is 7.39. The molecule has 23 heavy (non-hydrogen) atoms. The van der Waals surface area contributed by atoms with E-state index in [0.717, 1.165) is 6.07 Å². The Bertz CT molecular complexity index is 745. The molecule has 2 amide bonds. The summed E-state index contributed by atoms with van der Waals surface area (Å²) in [7, 11) is 1.80. The normalized spacial score (nSPS) is 10.1. The van der Waals surface area contributed by atoms with Gasteiger partial charge in [0.1, 0.15) is 0 Å². The topological polar surface area (TPSA) is 119 Å². The summed E-state index contributed by atoms with van der Waals surface area (Å²) in [5, 5.41) is 11.3. The Labute approximate surface area is 135 Å². The zero-order chi connectivity index (χ0) is 16.8. The lowest BCUT2D eigenvalue weighted by molar-refractivity contribution is -0.384. The molecule has 0 aliphatic rings. The lowest BCUT2D eigenvalue weighted by atomic mass is 10.2. The quantitative estimate of drug-likeness (QED) is 0.475. The lowest BCUT2D eigenvalue weighted by Crippen LogP contribution is -2.42. The van der Waals surface area contributed by atoms with Gasteiger partial charge < -0.3 is 4.57 Å². The minimum Gasteiger partial charge on any atom is -0.329 e. The molecule has 0 unspecified atom stereocenters. The van der Waals surface area contributed by atoms with Crippen LogP contribution in [0, 0.1) is 10.1 Å². The van der Waals surface area contributed by atoms with Crippen molar-refractivity contribution in [1.29, 1.82) is 0 Å². The van der Waals surface area contributed by atoms with Gasteiger partial charge in [-0.05, 0) is 6.07 Å². The first-order chi connectivity index (χ1) is 11.0. The van der Waals surface area contributed by atoms with Crippen molar-refractivity contribution < 1.29 is 14.5 Å². The third-order valence-corrected chi connectivity index (χ3v) is 3.80. The summed E-state index contributed by atoms with van der Waals surface area (Å²) in [6.45, 7) is 0. The largest absolute Gasteiger partial charge is 0.329 e. The van der Waals surface area contributed by atoms with E-state index in [1.54, 1.807) is 24.0 Å². The molecule has 2 N–H and O–H groups in total. The smallest absolute Gasteiger partial charge is 0.270 e. The number of thioether (sulfide) groups is 1. The molecule has 0 saturated carbocycles. The highest BCUT2D eigenvalue weighted by molar-refractivity contribution is 7.99. The number of nitrogens with one attached hydrogen (secondary N) is 2. The summed E-state index contributed by atoms with van der Waals surface area (Å²) in [5.41, 5.74) is 4.33. The number of nitro benzene ring substituents is 1. The van der Waals surface area contributed by atoms with E-state index in [1.807, 2.05) is 0 Å². The minimum absolute atomic E-state index is 0.0695. The molecule has 0 aliphatic heterocycles. The van der Waals surface area contributed by atoms with E-state index in [2.05, 4.69) is 15.8 Å². The number of rotatable bonds is 5. The number of hydrogen-bond acceptors (Lipinski definition) is 6. The van der Waals surface area contributed by atoms with Crippen LogP contribution >= 0.6 is 11.8 Å². The molecule has 0 spiro atoms. The van der Waals surface area contributed by atoms with Crippen LogP contribution in [0.2, 0.25) is 0 Å². The monoisotopic (exact) mass is 335 g/mol. The van der Waals surface area contributed by atoms with E-state index in [0.29, 0.717) is 5.16 Å². The number of benzene rings is 1. The van der Waals surface area contributed by atoms with Gasteiger partial charge in [-0.1, -0.05) is 17.8 Å². The van der Waals surface area contributed by atoms with E-state index >= 15 is 0 Å². The standard InChI is InChI=1S/C13H13N5O4S/c1-17-6-5-14-13(17)23-8-11(19)15-16-12(20)9-3-2-4-10(7-9)18(21)22/h2-7H,8H2,1H3,(H,15,19)(H,16,20). The molecule has 1 heterocycles. The molecule has 10 heteroatoms. The van der Waals surface area contributed by atoms with Gasteiger partial charge in [0.2, 0.25) is 5.91 Å². The van der Waals surface area contributed by atoms with E-state index in [4.69, 9.17) is 0 Å². The van der Waals surface area contributed by atoms with Crippen LogP contribution in [0.1, 0.15) is 10.4 Å². The van der Waals surface area contributed by atoms with Crippen LogP contribution in [-0.2, 0) is 11.8 Å². The summed E-state index contributed by atoms with van der Waals surface area (Å²) in [4.78, 5) is 37.6. The molecule has 2 rings (SSSR count). The van der Waals surface area contributed by atoms with Gasteiger partial charge in [-0.25, -0.2) is 4.98 Å². The fourth-order valence-electron chi connectivity index (χ4n) is 1.62. The summed E-state index contributed by atoms with van der Waals surface area (Å²) in [5.74, 6) is -0.985. The molecule has 1 aromatic carbocycles. The Balaban J connectivity index is 1.84. The molecular weight excluding hydrogens is 322 g/mol. The number of hydrogen-bond donors (Lipinski definition) is 2. The number of nitrogens with zero attached hydrogens (tertiary/aromatic N) is 3. The van der Waals surface area contributed by atoms with E-state index in [1.165, 1.54) is 30.0 Å². The summed E-state index contributed by atoms with van der Waals surface area (Å²) < 4.78 is 1.76. The van der Waals surface area contributed by atoms with Gasteiger partial charge in [-0.2, -0.15) is 0 Å². The van der Waals surface area contributed by atoms with Crippen molar-refractivity contribution in [3.05, 3.63) is 52.3 Å². The Morgan fingerprint density at radius 3 is 2.83 bits per heavy atom. The highest BCUT2D eigenvalue weighted by atomic mass is 32.2. The van der Waals surface area contributed by atoms with Crippen LogP contribution in [0.4, 0.5) is 5.69 Å². The predicted molar refractivity (Wildman–Crippen MR) is 82.6 cm³/mol. The van der Waals surface area contributed by atoms with E-state index in [9.17, 15) is 19.7 Å². The number of carbonyl (C=O) groups is 2. The first kappa shape index (κ1) is 16.5. The Morgan fingerprint density at radius 2 is 2.17 bits per heavy atom. The Morgan fingerprint density at radius 1 is 1.39 bits per heavy atom. The molecule has 1 aromatic heterocycles. The van der Waals surface area contributed by atoms with Crippen molar-refractivity contribution in [3.63, 3.8) is 0 Å². The molecule has 0 aliphatic carbocycles. The number of aryl methyl sites for hydroxylation is 1. The van der Waals surface area contributed by atoms with Crippen LogP contribution in [0.15, 0.2) is 41.8 Å². The predicted octanol–water partition coefficient (Wildman–Crippen LogP) is 0.882. The van der Waals surface area contributed by atoms with Crippen molar-refractivity contribution in [3.8, 4) is 0 Å². The molecule has 2 aromatic rings. The number of aromatic nitrogens is 2. The van der Waals surface area contributed by atoms with Gasteiger partial charge in [-0.3, -0.25) is 30.6 Å². The Kier molecular flexibility index (Phi) is 5.31. The van der Waals surface area contributed by atoms with E-state index < -0.39 is 16.7 Å². The van der Waals surface area contributed by atoms with Crippen LogP contribution in [0.5, 0.6) is 0 Å². The first-order valence-electron chi connectivity index (χ1n) is 6.41. The number of nitro groups is 1. The zero-order valence-corrected chi connectivity index (χ0v) is 12.9. The maximum atomic E-state index is 11.8. The van der Waals surface area contributed by atoms with Crippen LogP contribution in [-0.4, -0.2) is 32.0 Å². The maximum Gasteiger partial charge on any atom is 0.270 e. The molecule has 0 radical (unpaired) electrons. The second-order valence-corrected chi connectivity index (χ2v) is 5.36. The molecule has 0 atom stereocenters. The van der Waals surface area contributed by atoms with Crippen molar-refractivity contribution in [2.24, 2.45) is 7.05 Å². The summed E-state index contributed by atoms with van der Waals surface area (Å²) >= 11 is 1.21. The van der Waals surface area contributed by atoms with Gasteiger partial charge in [0.15, 0.2) is 5.16 Å². The Hall–Kier alpha value is -2.88. The number of non-ortho nitro benzene ring substituents is 1. The highest BCUT2D eigenvalue weighted by Crippen LogP contribution is 2.14. The second kappa shape index (κ2) is 7.40. The van der Waals surface area contributed by atoms with Gasteiger partial charge in [-0.15, -0.1) is 0 Å². The zero-order valence-electron chi connectivity index (χ0n) is 12.1. The lowest BCUT2D eigenvalue weighted by Gasteiger charge is -2.07. The average Bonchev–Trinajstić information content (AvgIpc) is 2.95. The van der Waals surface area contributed by atoms with Crippen LogP contribution < -0.4 is 10.9 Å². The third kappa shape index (κ3) is 4.54. The van der Waals surface area contributed by atoms with Gasteiger partial charge in [0.05, 0.1) is 10.7 Å². The van der Waals surface area contributed by atoms with Crippen LogP contribution in [0.25, 0.3) is 0 Å². The number of imidazole rings is 1. The number of carbonyl (C=O) groups excluding carboxylic acids is 2. The van der Waals surface area contributed by atoms with Gasteiger partial charge in [0, 0.05) is 37.1 Å². The van der Waals surface area contributed by atoms with Crippen LogP contribution in [0.3, 0.4) is 0 Å². The minimum atomic E-state index is -0.635. The molecule has 0 bridgehead atoms. The van der Waals surface area contributed by atoms with Crippen molar-refractivity contribution in [2.75, 3.05) is 5.75 Å². The molecule has 0 fully saturated rings. The SMILES string of the molecule is Cn1ccnc1SCC(=O)NNC(=O)c1cccc([N+](=O)[O-])c1. The van der Waals surface area contributed by atoms with E-state index in [-0.39, 0.29) is 17.0 Å². The van der Waals surface area contributed by atoms with Gasteiger partial charge in [0.25, 0.3) is 11.6 Å². The number of amides is 2. The fourth-order valence-corrected chi connectivity index (χ4v) is 2.35. The highest BCUT2D eigenvalue weighted by Gasteiger charge is 2.12. The van der Waals surface area contributed by atoms with Crippen molar-refractivity contribution >= 4 is 29.3 Å². The van der Waals surface area contributed by atoms with Crippen molar-refractivity contribution in [2.45, 2.75) is 5.16 Å². The second-order valence-electron chi connectivity index (χ2n) is 4.42. The summed E-state index contributed by atoms with van der Waals surface area (Å²) in [6.07, 6.45) is 3.37. The van der Waals surface area contributed by atoms with Crippen molar-refractivity contribution in [1.82, 2.24) is 20.4 Å². The molecule has 120 valence electrons. The summed E-state index contributed by atoms with van der Waals surface area (Å²) in [6, 6.07) is 5.21. The maximum absolute atomic E-state index is 11.8. The average molecular weight is 335 g/mol. The molecule has 0 saturated heterocycles. The fraction of sp³-hybridized carbons (Fsp3) is 0.154. The van der Waals surface area contributed by atoms with Gasteiger partial charge >= 0.3 is 0 Å². The molecular formula is C13H13N5O4S. The number of hydrazine groups is 1. The molecule has 9 nitrogen and oxygen atoms in total.